The van der Waals surface area contributed by atoms with E-state index in [0.29, 0.717) is 0 Å². The molecule has 0 aliphatic carbocycles. The van der Waals surface area contributed by atoms with Crippen LogP contribution in [0.2, 0.25) is 0 Å². The van der Waals surface area contributed by atoms with Crippen LogP contribution in [0.25, 0.3) is 0 Å². The number of hydrogen-bond acceptors (Lipinski definition) is 8. The Labute approximate surface area is 640 Å². The van der Waals surface area contributed by atoms with Crippen LogP contribution in [0, 0.1) is 35.6 Å². The van der Waals surface area contributed by atoms with Gasteiger partial charge in [-0.15, -0.1) is 0 Å². The molecule has 0 saturated heterocycles. The van der Waals surface area contributed by atoms with Crippen molar-refractivity contribution in [2.45, 2.75) is 27.7 Å². The summed E-state index contributed by atoms with van der Waals surface area (Å²) in [7, 11) is -11.1. The Kier molecular flexibility index (Phi) is 47.7. The molecular formula is C80H84Br4LaO8P4-2. The zero-order valence-corrected chi connectivity index (χ0v) is 68.3. The van der Waals surface area contributed by atoms with Gasteiger partial charge in [0.1, 0.15) is 0 Å². The first-order valence-corrected chi connectivity index (χ1v) is 41.1. The minimum absolute atomic E-state index is 0. The minimum atomic E-state index is -2.78. The second kappa shape index (κ2) is 51.6. The molecule has 0 amide bonds. The van der Waals surface area contributed by atoms with Crippen LogP contribution in [0.5, 0.6) is 0 Å². The van der Waals surface area contributed by atoms with E-state index in [1.54, 1.807) is 27.7 Å². The average molecular weight is 1760 g/mol. The molecule has 0 saturated carbocycles. The van der Waals surface area contributed by atoms with Crippen molar-refractivity contribution in [1.82, 2.24) is 0 Å². The fraction of sp³-hybridized carbons (Fsp3) is 0.100. The van der Waals surface area contributed by atoms with Gasteiger partial charge in [0.25, 0.3) is 0 Å². The van der Waals surface area contributed by atoms with Gasteiger partial charge in [0, 0.05) is 154 Å². The Hall–Kier alpha value is -5.49. The molecule has 0 bridgehead atoms. The van der Waals surface area contributed by atoms with Gasteiger partial charge in [0.05, 0.1) is 0 Å². The molecule has 1 radical (unpaired) electrons. The smallest absolute Gasteiger partial charge is 0.171 e. The first-order valence-electron chi connectivity index (χ1n) is 30.6. The second-order valence-electron chi connectivity index (χ2n) is 19.7. The first-order chi connectivity index (χ1) is 45.9. The summed E-state index contributed by atoms with van der Waals surface area (Å²) in [4.78, 5) is 0. The Morgan fingerprint density at radius 3 is 0.299 bits per heavy atom. The molecule has 12 aromatic carbocycles. The number of halogens is 4. The summed E-state index contributed by atoms with van der Waals surface area (Å²) in [6.45, 7) is 7.72. The number of hydrogen-bond donors (Lipinski definition) is 4. The maximum absolute atomic E-state index is 13.8. The Morgan fingerprint density at radius 1 is 0.196 bits per heavy atom. The van der Waals surface area contributed by atoms with Gasteiger partial charge >= 0.3 is 0 Å². The molecule has 505 valence electrons. The number of aliphatic hydroxyl groups excluding tert-OH is 4. The Morgan fingerprint density at radius 2 is 0.247 bits per heavy atom. The van der Waals surface area contributed by atoms with Gasteiger partial charge in [0.15, 0.2) is 28.6 Å². The Bertz CT molecular complexity index is 3120. The van der Waals surface area contributed by atoms with Crippen LogP contribution in [-0.4, -0.2) is 46.9 Å². The van der Waals surface area contributed by atoms with Crippen LogP contribution in [0.3, 0.4) is 0 Å². The zero-order valence-electron chi connectivity index (χ0n) is 54.8. The van der Waals surface area contributed by atoms with Crippen LogP contribution >= 0.6 is 56.8 Å². The third-order valence-corrected chi connectivity index (χ3v) is 25.7. The molecule has 0 aromatic heterocycles. The van der Waals surface area contributed by atoms with E-state index in [1.165, 1.54) is 0 Å². The summed E-state index contributed by atoms with van der Waals surface area (Å²) in [5, 5.41) is 40.7. The molecular weight excluding hydrogens is 1670 g/mol. The summed E-state index contributed by atoms with van der Waals surface area (Å²) in [6.07, 6.45) is 0. The van der Waals surface area contributed by atoms with E-state index in [-0.39, 0.29) is 96.0 Å². The molecule has 17 heteroatoms. The summed E-state index contributed by atoms with van der Waals surface area (Å²) in [5.41, 5.74) is 0. The van der Waals surface area contributed by atoms with Crippen LogP contribution in [-0.2, 0) is 18.3 Å². The summed E-state index contributed by atoms with van der Waals surface area (Å²) < 4.78 is 55.3. The maximum atomic E-state index is 13.8. The average Bonchev–Trinajstić information content (AvgIpc) is 0.815. The standard InChI is InChI=1S/4C18H15OP.4C2H6O.Br2.2BrH.La/c4*19-20(16-10-4-1-5-11-16,17-12-6-2-7-13-17)18-14-8-3-9-15-18;4*1-2-3;1-2;;;/h4*1-15H;4*3H,2H2,1H3;;2*1H;/p-2. The summed E-state index contributed by atoms with van der Waals surface area (Å²) in [5.74, 6) is 0. The van der Waals surface area contributed by atoms with Gasteiger partial charge in [-0.1, -0.05) is 364 Å². The van der Waals surface area contributed by atoms with E-state index in [0.717, 1.165) is 63.7 Å². The summed E-state index contributed by atoms with van der Waals surface area (Å²) in [6, 6.07) is 117. The quantitative estimate of drug-likeness (QED) is 0.0887. The predicted molar refractivity (Wildman–Crippen MR) is 412 cm³/mol. The molecule has 0 aliphatic heterocycles. The molecule has 4 N–H and O–H groups in total. The van der Waals surface area contributed by atoms with E-state index in [4.69, 9.17) is 20.4 Å². The van der Waals surface area contributed by atoms with Crippen LogP contribution < -0.4 is 97.6 Å². The topological polar surface area (TPSA) is 149 Å². The summed E-state index contributed by atoms with van der Waals surface area (Å²) >= 11 is 5.50. The van der Waals surface area contributed by atoms with Gasteiger partial charge in [-0.05, 0) is 27.7 Å². The van der Waals surface area contributed by atoms with E-state index in [2.05, 4.69) is 28.3 Å². The van der Waals surface area contributed by atoms with Crippen molar-refractivity contribution in [1.29, 1.82) is 0 Å². The van der Waals surface area contributed by atoms with Crippen LogP contribution in [0.1, 0.15) is 27.7 Å². The number of benzene rings is 12. The molecule has 8 nitrogen and oxygen atoms in total. The van der Waals surface area contributed by atoms with Crippen molar-refractivity contribution < 1.29 is 108 Å². The van der Waals surface area contributed by atoms with Gasteiger partial charge < -0.3 is 72.6 Å². The van der Waals surface area contributed by atoms with Crippen molar-refractivity contribution in [3.63, 3.8) is 0 Å². The van der Waals surface area contributed by atoms with Gasteiger partial charge in [-0.3, -0.25) is 0 Å². The molecule has 0 heterocycles. The van der Waals surface area contributed by atoms with Gasteiger partial charge in [0.2, 0.25) is 0 Å². The minimum Gasteiger partial charge on any atom is -1.00 e. The largest absolute Gasteiger partial charge is 1.00 e. The Balaban J connectivity index is 0.000000601. The zero-order chi connectivity index (χ0) is 68.2. The van der Waals surface area contributed by atoms with Crippen molar-refractivity contribution in [2.75, 3.05) is 26.4 Å². The van der Waals surface area contributed by atoms with E-state index in [1.807, 2.05) is 364 Å². The SMILES string of the molecule is BrBr.CCO.CCO.CCO.CCO.O=P(c1ccccc1)(c1ccccc1)c1ccccc1.O=P(c1ccccc1)(c1ccccc1)c1ccccc1.O=P(c1ccccc1)(c1ccccc1)c1ccccc1.O=P(c1ccccc1)(c1ccccc1)c1ccccc1.[Br-].[Br-].[La]. The van der Waals surface area contributed by atoms with Gasteiger partial charge in [-0.2, -0.15) is 0 Å². The normalized spacial score (nSPS) is 10.0. The molecule has 0 atom stereocenters. The molecule has 12 rings (SSSR count). The fourth-order valence-corrected chi connectivity index (χ4v) is 20.1. The fourth-order valence-electron chi connectivity index (χ4n) is 9.44. The van der Waals surface area contributed by atoms with Crippen molar-refractivity contribution in [2.24, 2.45) is 0 Å². The van der Waals surface area contributed by atoms with Crippen LogP contribution in [0.4, 0.5) is 0 Å². The van der Waals surface area contributed by atoms with Crippen molar-refractivity contribution in [3.05, 3.63) is 364 Å². The molecule has 0 spiro atoms. The first kappa shape index (κ1) is 89.5. The third kappa shape index (κ3) is 26.9. The number of aliphatic hydroxyl groups is 4. The predicted octanol–water partition coefficient (Wildman–Crippen LogP) is 9.00. The maximum Gasteiger partial charge on any atom is 0.171 e. The van der Waals surface area contributed by atoms with E-state index >= 15 is 0 Å². The van der Waals surface area contributed by atoms with Crippen molar-refractivity contribution >= 4 is 120 Å². The monoisotopic (exact) mass is 1750 g/mol. The molecule has 0 unspecified atom stereocenters. The molecule has 97 heavy (non-hydrogen) atoms. The van der Waals surface area contributed by atoms with E-state index in [9.17, 15) is 18.3 Å². The van der Waals surface area contributed by atoms with Crippen molar-refractivity contribution in [3.8, 4) is 0 Å². The van der Waals surface area contributed by atoms with Gasteiger partial charge in [-0.25, -0.2) is 0 Å². The molecule has 0 aliphatic rings. The molecule has 0 fully saturated rings. The third-order valence-electron chi connectivity index (χ3n) is 13.4. The van der Waals surface area contributed by atoms with Crippen LogP contribution in [0.15, 0.2) is 364 Å². The van der Waals surface area contributed by atoms with E-state index < -0.39 is 28.6 Å². The number of rotatable bonds is 12. The molecule has 12 aromatic rings. The second-order valence-corrected chi connectivity index (χ2v) is 30.8.